The molecule has 1 aromatic carbocycles. The summed E-state index contributed by atoms with van der Waals surface area (Å²) >= 11 is 5.96. The minimum Gasteiger partial charge on any atom is -0.347 e. The van der Waals surface area contributed by atoms with Crippen molar-refractivity contribution in [2.24, 2.45) is 0 Å². The lowest BCUT2D eigenvalue weighted by atomic mass is 10.2. The van der Waals surface area contributed by atoms with Gasteiger partial charge in [0.25, 0.3) is 5.91 Å². The Labute approximate surface area is 162 Å². The number of benzene rings is 1. The molecule has 11 heteroatoms. The molecule has 2 aromatic heterocycles. The van der Waals surface area contributed by atoms with Gasteiger partial charge in [-0.15, -0.1) is 0 Å². The monoisotopic (exact) mass is 439 g/mol. The van der Waals surface area contributed by atoms with Crippen molar-refractivity contribution < 1.29 is 24.2 Å². The fourth-order valence-electron chi connectivity index (χ4n) is 2.68. The Hall–Kier alpha value is -2.33. The molecule has 0 fully saturated rings. The number of carbonyl (C=O) groups is 1. The van der Waals surface area contributed by atoms with Gasteiger partial charge in [-0.05, 0) is 36.2 Å². The fraction of sp³-hybridized carbons (Fsp3) is 0.176. The molecule has 2 heterocycles. The van der Waals surface area contributed by atoms with Gasteiger partial charge in [-0.3, -0.25) is 9.20 Å². The number of aryl methyl sites for hydroxylation is 1. The average Bonchev–Trinajstić information content (AvgIpc) is 2.95. The predicted octanol–water partition coefficient (Wildman–Crippen LogP) is 6.14. The summed E-state index contributed by atoms with van der Waals surface area (Å²) in [6.07, 6.45) is 2.00. The van der Waals surface area contributed by atoms with Crippen LogP contribution in [0.25, 0.3) is 5.65 Å². The Bertz CT molecular complexity index is 1070. The highest BCUT2D eigenvalue weighted by molar-refractivity contribution is 8.45. The lowest BCUT2D eigenvalue weighted by Gasteiger charge is -2.40. The molecule has 3 rings (SSSR count). The van der Waals surface area contributed by atoms with E-state index < -0.39 is 21.0 Å². The number of nitrogens with zero attached hydrogens (tertiary/aromatic N) is 2. The van der Waals surface area contributed by atoms with E-state index in [0.29, 0.717) is 34.9 Å². The molecule has 0 bridgehead atoms. The van der Waals surface area contributed by atoms with Gasteiger partial charge in [0.2, 0.25) is 0 Å². The van der Waals surface area contributed by atoms with Crippen molar-refractivity contribution in [3.05, 3.63) is 64.6 Å². The number of halogens is 6. The van der Waals surface area contributed by atoms with Gasteiger partial charge in [-0.25, -0.2) is 4.98 Å². The normalized spacial score (nSPS) is 14.5. The predicted molar refractivity (Wildman–Crippen MR) is 98.6 cm³/mol. The van der Waals surface area contributed by atoms with Crippen molar-refractivity contribution in [1.82, 2.24) is 14.7 Å². The Morgan fingerprint density at radius 1 is 1.11 bits per heavy atom. The first-order chi connectivity index (χ1) is 12.8. The minimum atomic E-state index is -9.71. The van der Waals surface area contributed by atoms with E-state index in [2.05, 4.69) is 10.3 Å². The van der Waals surface area contributed by atoms with E-state index in [4.69, 9.17) is 11.6 Å². The molecule has 0 atom stereocenters. The van der Waals surface area contributed by atoms with Gasteiger partial charge in [0.15, 0.2) is 0 Å². The number of pyridine rings is 1. The van der Waals surface area contributed by atoms with E-state index in [1.54, 1.807) is 12.1 Å². The average molecular weight is 440 g/mol. The zero-order valence-electron chi connectivity index (χ0n) is 14.4. The first-order valence-corrected chi connectivity index (χ1v) is 10.4. The maximum absolute atomic E-state index is 12.8. The standard InChI is InChI=1S/C17H15ClF5N3OS/c1-2-14-16(26-10-12(18)5-8-15(26)25-14)17(27)24-9-11-3-6-13(7-4-11)28(19,20,21,22)23/h3-8,10H,2,9H2,1H3,(H,24,27). The summed E-state index contributed by atoms with van der Waals surface area (Å²) in [5.74, 6) is -0.511. The zero-order chi connectivity index (χ0) is 20.8. The Balaban J connectivity index is 1.82. The van der Waals surface area contributed by atoms with E-state index in [9.17, 15) is 24.2 Å². The quantitative estimate of drug-likeness (QED) is 0.485. The molecule has 0 aliphatic heterocycles. The second-order valence-corrected chi connectivity index (χ2v) is 8.98. The number of nitrogens with one attached hydrogen (secondary N) is 1. The molecule has 0 spiro atoms. The second kappa shape index (κ2) is 6.08. The summed E-state index contributed by atoms with van der Waals surface area (Å²) in [5.41, 5.74) is 1.54. The molecular weight excluding hydrogens is 425 g/mol. The van der Waals surface area contributed by atoms with Crippen LogP contribution in [0.5, 0.6) is 0 Å². The Kier molecular flexibility index (Phi) is 4.43. The smallest absolute Gasteiger partial charge is 0.310 e. The van der Waals surface area contributed by atoms with Crippen molar-refractivity contribution in [3.63, 3.8) is 0 Å². The maximum Gasteiger partial charge on any atom is 0.310 e. The molecule has 0 unspecified atom stereocenters. The largest absolute Gasteiger partial charge is 0.347 e. The van der Waals surface area contributed by atoms with Crippen LogP contribution in [0, 0.1) is 0 Å². The summed E-state index contributed by atoms with van der Waals surface area (Å²) in [6.45, 7) is 1.68. The third kappa shape index (κ3) is 4.22. The lowest BCUT2D eigenvalue weighted by Crippen LogP contribution is -2.25. The van der Waals surface area contributed by atoms with Gasteiger partial charge in [-0.2, -0.15) is 0 Å². The highest BCUT2D eigenvalue weighted by Crippen LogP contribution is 3.02. The van der Waals surface area contributed by atoms with E-state index >= 15 is 0 Å². The Morgan fingerprint density at radius 2 is 1.75 bits per heavy atom. The van der Waals surface area contributed by atoms with Crippen molar-refractivity contribution >= 4 is 33.4 Å². The third-order valence-electron chi connectivity index (χ3n) is 4.03. The highest BCUT2D eigenvalue weighted by Gasteiger charge is 2.65. The number of hydrogen-bond donors (Lipinski definition) is 1. The van der Waals surface area contributed by atoms with Gasteiger partial charge in [0, 0.05) is 12.7 Å². The fourth-order valence-corrected chi connectivity index (χ4v) is 3.50. The van der Waals surface area contributed by atoms with Crippen LogP contribution in [0.2, 0.25) is 5.02 Å². The summed E-state index contributed by atoms with van der Waals surface area (Å²) < 4.78 is 65.3. The number of imidazole rings is 1. The molecule has 0 aliphatic carbocycles. The van der Waals surface area contributed by atoms with Crippen LogP contribution < -0.4 is 5.32 Å². The second-order valence-electron chi connectivity index (χ2n) is 6.13. The van der Waals surface area contributed by atoms with Crippen molar-refractivity contribution in [2.45, 2.75) is 24.8 Å². The van der Waals surface area contributed by atoms with Gasteiger partial charge >= 0.3 is 10.2 Å². The molecule has 0 aliphatic rings. The van der Waals surface area contributed by atoms with E-state index in [-0.39, 0.29) is 17.8 Å². The van der Waals surface area contributed by atoms with E-state index in [1.165, 1.54) is 10.6 Å². The molecule has 0 saturated heterocycles. The van der Waals surface area contributed by atoms with Crippen LogP contribution in [-0.2, 0) is 13.0 Å². The van der Waals surface area contributed by atoms with Crippen molar-refractivity contribution in [1.29, 1.82) is 0 Å². The minimum absolute atomic E-state index is 0.142. The summed E-state index contributed by atoms with van der Waals surface area (Å²) in [4.78, 5) is 15.0. The van der Waals surface area contributed by atoms with Gasteiger partial charge in [-0.1, -0.05) is 50.1 Å². The number of hydrogen-bond acceptors (Lipinski definition) is 2. The van der Waals surface area contributed by atoms with Gasteiger partial charge in [0.1, 0.15) is 16.2 Å². The van der Waals surface area contributed by atoms with Crippen LogP contribution in [0.4, 0.5) is 19.4 Å². The highest BCUT2D eigenvalue weighted by atomic mass is 35.5. The van der Waals surface area contributed by atoms with Crippen molar-refractivity contribution in [2.75, 3.05) is 0 Å². The van der Waals surface area contributed by atoms with Crippen LogP contribution in [0.15, 0.2) is 47.5 Å². The van der Waals surface area contributed by atoms with Crippen LogP contribution in [-0.4, -0.2) is 15.3 Å². The summed E-state index contributed by atoms with van der Waals surface area (Å²) in [5, 5.41) is 2.96. The van der Waals surface area contributed by atoms with Crippen LogP contribution >= 0.6 is 21.8 Å². The molecule has 0 saturated carbocycles. The lowest BCUT2D eigenvalue weighted by molar-refractivity contribution is 0.0944. The van der Waals surface area contributed by atoms with E-state index in [1.807, 2.05) is 6.92 Å². The van der Waals surface area contributed by atoms with E-state index in [0.717, 1.165) is 12.1 Å². The van der Waals surface area contributed by atoms with Crippen LogP contribution in [0.3, 0.4) is 0 Å². The summed E-state index contributed by atoms with van der Waals surface area (Å²) in [7, 11) is -9.71. The molecular formula is C17H15ClF5N3OS. The molecule has 0 radical (unpaired) electrons. The topological polar surface area (TPSA) is 46.4 Å². The number of fused-ring (bicyclic) bond motifs is 1. The van der Waals surface area contributed by atoms with Crippen molar-refractivity contribution in [3.8, 4) is 0 Å². The maximum atomic E-state index is 12.8. The SMILES string of the molecule is CCc1nc2ccc(Cl)cn2c1C(=O)NCc1ccc(S(F)(F)(F)(F)F)cc1. The first-order valence-electron chi connectivity index (χ1n) is 8.06. The molecule has 3 aromatic rings. The number of aromatic nitrogens is 2. The Morgan fingerprint density at radius 3 is 2.32 bits per heavy atom. The number of amides is 1. The first kappa shape index (κ1) is 20.4. The molecule has 152 valence electrons. The van der Waals surface area contributed by atoms with Crippen LogP contribution in [0.1, 0.15) is 28.7 Å². The molecule has 1 amide bonds. The molecule has 28 heavy (non-hydrogen) atoms. The molecule has 1 N–H and O–H groups in total. The molecule has 4 nitrogen and oxygen atoms in total. The van der Waals surface area contributed by atoms with Gasteiger partial charge in [0.05, 0.1) is 10.7 Å². The zero-order valence-corrected chi connectivity index (χ0v) is 16.0. The summed E-state index contributed by atoms with van der Waals surface area (Å²) in [6, 6.07) is 5.71. The number of rotatable bonds is 5. The van der Waals surface area contributed by atoms with Gasteiger partial charge < -0.3 is 5.32 Å². The third-order valence-corrected chi connectivity index (χ3v) is 5.41. The number of carbonyl (C=O) groups excluding carboxylic acids is 1.